The Morgan fingerprint density at radius 2 is 1.03 bits per heavy atom. The molecule has 0 unspecified atom stereocenters. The van der Waals surface area contributed by atoms with E-state index in [1.54, 1.807) is 6.07 Å². The van der Waals surface area contributed by atoms with Crippen molar-refractivity contribution in [2.45, 2.75) is 24.2 Å². The van der Waals surface area contributed by atoms with E-state index >= 15 is 0 Å². The summed E-state index contributed by atoms with van der Waals surface area (Å²) in [6, 6.07) is 70.1. The van der Waals surface area contributed by atoms with Gasteiger partial charge >= 0.3 is 20.4 Å². The van der Waals surface area contributed by atoms with Crippen molar-refractivity contribution in [3.05, 3.63) is 217 Å². The Labute approximate surface area is 375 Å². The quantitative estimate of drug-likeness (QED) is 0.0676. The monoisotopic (exact) mass is 945 g/mol. The summed E-state index contributed by atoms with van der Waals surface area (Å²) in [5.41, 5.74) is 3.85. The van der Waals surface area contributed by atoms with Gasteiger partial charge in [-0.15, -0.1) is 35.9 Å². The van der Waals surface area contributed by atoms with Gasteiger partial charge in [-0.1, -0.05) is 177 Å². The Balaban J connectivity index is 0.000000317. The molecule has 0 aromatic heterocycles. The average molecular weight is 946 g/mol. The molecular weight excluding hydrogens is 903 g/mol. The molecule has 9 rings (SSSR count). The third kappa shape index (κ3) is 9.21. The molecule has 0 spiro atoms. The van der Waals surface area contributed by atoms with Crippen LogP contribution in [0, 0.1) is 6.07 Å². The van der Waals surface area contributed by atoms with E-state index in [0.717, 1.165) is 43.8 Å². The SMILES string of the molecule is CC1(C)c2cccc(P(c3ccccc3)c3ccccc3)c2Oc2c(P(c3ccccc3)c3ccccc3)ccc(S(=O)(=O)[O-])c21.CNc1ccccc1-c1[c-]cccc1.[Pd+2]. The van der Waals surface area contributed by atoms with Crippen LogP contribution in [0.25, 0.3) is 11.1 Å². The van der Waals surface area contributed by atoms with Crippen LogP contribution in [-0.4, -0.2) is 20.0 Å². The summed E-state index contributed by atoms with van der Waals surface area (Å²) in [5, 5.41) is 9.63. The number of hydrogen-bond donors (Lipinski definition) is 1. The first-order valence-corrected chi connectivity index (χ1v) is 23.7. The number of fused-ring (bicyclic) bond motifs is 2. The molecule has 0 saturated heterocycles. The molecule has 306 valence electrons. The van der Waals surface area contributed by atoms with E-state index in [9.17, 15) is 13.0 Å². The van der Waals surface area contributed by atoms with Gasteiger partial charge in [-0.25, -0.2) is 8.42 Å². The molecule has 8 aromatic rings. The smallest absolute Gasteiger partial charge is 0.744 e. The predicted molar refractivity (Wildman–Crippen MR) is 251 cm³/mol. The zero-order valence-electron chi connectivity index (χ0n) is 33.8. The molecule has 0 saturated carbocycles. The van der Waals surface area contributed by atoms with Gasteiger partial charge in [0.25, 0.3) is 0 Å². The summed E-state index contributed by atoms with van der Waals surface area (Å²) in [4.78, 5) is -0.239. The maximum absolute atomic E-state index is 12.9. The van der Waals surface area contributed by atoms with E-state index in [1.165, 1.54) is 22.2 Å². The van der Waals surface area contributed by atoms with Gasteiger partial charge in [0.1, 0.15) is 21.6 Å². The van der Waals surface area contributed by atoms with E-state index in [2.05, 4.69) is 108 Å². The first-order chi connectivity index (χ1) is 29.2. The van der Waals surface area contributed by atoms with Gasteiger partial charge in [0, 0.05) is 34.2 Å². The Hall–Kier alpha value is -5.21. The van der Waals surface area contributed by atoms with Crippen molar-refractivity contribution in [1.82, 2.24) is 0 Å². The second-order valence-electron chi connectivity index (χ2n) is 14.7. The van der Waals surface area contributed by atoms with E-state index in [-0.39, 0.29) is 25.3 Å². The number of nitrogens with one attached hydrogen (secondary N) is 1. The van der Waals surface area contributed by atoms with Crippen molar-refractivity contribution in [2.75, 3.05) is 12.4 Å². The second-order valence-corrected chi connectivity index (χ2v) is 20.4. The summed E-state index contributed by atoms with van der Waals surface area (Å²) < 4.78 is 45.7. The number of benzene rings is 8. The number of rotatable bonds is 9. The van der Waals surface area contributed by atoms with Gasteiger partial charge in [0.15, 0.2) is 0 Å². The molecule has 5 nitrogen and oxygen atoms in total. The van der Waals surface area contributed by atoms with Crippen molar-refractivity contribution in [3.63, 3.8) is 0 Å². The summed E-state index contributed by atoms with van der Waals surface area (Å²) >= 11 is 0. The Morgan fingerprint density at radius 1 is 0.557 bits per heavy atom. The molecule has 61 heavy (non-hydrogen) atoms. The van der Waals surface area contributed by atoms with Gasteiger partial charge in [-0.2, -0.15) is 0 Å². The maximum Gasteiger partial charge on any atom is 2.00 e. The van der Waals surface area contributed by atoms with Crippen LogP contribution in [-0.2, 0) is 36.0 Å². The van der Waals surface area contributed by atoms with E-state index in [0.29, 0.717) is 11.3 Å². The molecule has 1 aliphatic heterocycles. The van der Waals surface area contributed by atoms with Gasteiger partial charge in [-0.3, -0.25) is 0 Å². The van der Waals surface area contributed by atoms with Crippen LogP contribution in [0.2, 0.25) is 0 Å². The Kier molecular flexibility index (Phi) is 13.8. The van der Waals surface area contributed by atoms with Gasteiger partial charge < -0.3 is 14.6 Å². The normalized spacial score (nSPS) is 12.5. The van der Waals surface area contributed by atoms with Crippen molar-refractivity contribution in [2.24, 2.45) is 0 Å². The van der Waals surface area contributed by atoms with E-state index in [4.69, 9.17) is 4.74 Å². The van der Waals surface area contributed by atoms with Crippen molar-refractivity contribution in [3.8, 4) is 22.6 Å². The third-order valence-corrected chi connectivity index (χ3v) is 16.4. The number of para-hydroxylation sites is 2. The number of ether oxygens (including phenoxy) is 1. The minimum Gasteiger partial charge on any atom is -0.744 e. The fourth-order valence-corrected chi connectivity index (χ4v) is 13.4. The topological polar surface area (TPSA) is 78.5 Å². The van der Waals surface area contributed by atoms with Crippen LogP contribution in [0.3, 0.4) is 0 Å². The molecule has 1 aliphatic rings. The first kappa shape index (κ1) is 43.9. The number of hydrogen-bond acceptors (Lipinski definition) is 5. The molecule has 1 heterocycles. The molecule has 1 N–H and O–H groups in total. The van der Waals surface area contributed by atoms with Crippen molar-refractivity contribution in [1.29, 1.82) is 0 Å². The van der Waals surface area contributed by atoms with E-state index in [1.807, 2.05) is 112 Å². The summed E-state index contributed by atoms with van der Waals surface area (Å²) in [6.07, 6.45) is 0. The van der Waals surface area contributed by atoms with Crippen LogP contribution >= 0.6 is 15.8 Å². The van der Waals surface area contributed by atoms with Crippen LogP contribution < -0.4 is 41.9 Å². The maximum atomic E-state index is 12.9. The molecule has 0 atom stereocenters. The largest absolute Gasteiger partial charge is 2.00 e. The predicted octanol–water partition coefficient (Wildman–Crippen LogP) is 9.73. The van der Waals surface area contributed by atoms with Crippen LogP contribution in [0.5, 0.6) is 11.5 Å². The summed E-state index contributed by atoms with van der Waals surface area (Å²) in [6.45, 7) is 3.99. The van der Waals surface area contributed by atoms with E-state index < -0.39 is 31.4 Å². The zero-order valence-corrected chi connectivity index (χ0v) is 38.0. The minimum atomic E-state index is -4.82. The van der Waals surface area contributed by atoms with Gasteiger partial charge in [0.2, 0.25) is 0 Å². The molecule has 0 radical (unpaired) electrons. The van der Waals surface area contributed by atoms with Crippen LogP contribution in [0.15, 0.2) is 205 Å². The third-order valence-electron chi connectivity index (χ3n) is 10.6. The average Bonchev–Trinajstić information content (AvgIpc) is 3.28. The standard InChI is InChI=1S/C39H32O4P2S.C13H12N.Pd/c1-39(2)32-24-15-25-33(44(28-16-7-3-8-17-28)29-18-9-4-10-19-29)37(32)43-38-34(26-27-35(36(38)39)46(40,41)42)45(30-20-11-5-12-21-30)31-22-13-6-14-23-31;1-14-13-10-6-5-9-12(13)11-7-3-2-4-8-11;/h3-27H,1-2H3,(H,40,41,42);2-7,9-10,14H,1H3;/q;-1;+2/p-1. The summed E-state index contributed by atoms with van der Waals surface area (Å²) in [7, 11) is -5.09. The van der Waals surface area contributed by atoms with Crippen LogP contribution in [0.1, 0.15) is 25.0 Å². The van der Waals surface area contributed by atoms with Gasteiger partial charge in [-0.05, 0) is 60.9 Å². The molecule has 0 aliphatic carbocycles. The molecule has 0 fully saturated rings. The molecule has 0 amide bonds. The first-order valence-electron chi connectivity index (χ1n) is 19.7. The fourth-order valence-electron chi connectivity index (χ4n) is 7.83. The zero-order chi connectivity index (χ0) is 41.7. The van der Waals surface area contributed by atoms with Crippen LogP contribution in [0.4, 0.5) is 5.69 Å². The molecule has 0 bridgehead atoms. The second kappa shape index (κ2) is 19.2. The number of anilines is 1. The van der Waals surface area contributed by atoms with Gasteiger partial charge in [0.05, 0.1) is 4.90 Å². The van der Waals surface area contributed by atoms with Crippen molar-refractivity contribution < 1.29 is 38.1 Å². The van der Waals surface area contributed by atoms with Crippen molar-refractivity contribution >= 4 is 63.5 Å². The Morgan fingerprint density at radius 3 is 1.51 bits per heavy atom. The molecule has 9 heteroatoms. The fraction of sp³-hybridized carbons (Fsp3) is 0.0769. The molecular formula is C52H43NO4P2PdS. The Bertz CT molecular complexity index is 2750. The summed E-state index contributed by atoms with van der Waals surface area (Å²) in [5.74, 6) is 1.17. The molecule has 8 aromatic carbocycles. The minimum absolute atomic E-state index is 0.